The van der Waals surface area contributed by atoms with E-state index in [-0.39, 0.29) is 18.5 Å². The predicted octanol–water partition coefficient (Wildman–Crippen LogP) is 2.31. The number of rotatable bonds is 4. The van der Waals surface area contributed by atoms with Gasteiger partial charge in [-0.05, 0) is 31.2 Å². The third-order valence-electron chi connectivity index (χ3n) is 4.46. The van der Waals surface area contributed by atoms with Crippen LogP contribution in [0.15, 0.2) is 68.6 Å². The Morgan fingerprint density at radius 3 is 2.70 bits per heavy atom. The van der Waals surface area contributed by atoms with E-state index >= 15 is 0 Å². The van der Waals surface area contributed by atoms with Crippen molar-refractivity contribution in [3.63, 3.8) is 0 Å². The minimum atomic E-state index is -0.620. The number of hydrogen-bond acceptors (Lipinski definition) is 4. The Balaban J connectivity index is 1.58. The molecule has 1 atom stereocenters. The molecule has 2 aromatic heterocycles. The first kappa shape index (κ1) is 16.8. The maximum atomic E-state index is 12.5. The van der Waals surface area contributed by atoms with Gasteiger partial charge in [0.2, 0.25) is 5.91 Å². The standard InChI is InChI=1S/C20H17N3O4/c1-12(17-10-13-6-2-5-9-16(13)27-17)21-18(24)11-23-15-8-4-3-7-14(15)19(25)22-20(23)26/h2-10,12H,11H2,1H3,(H,21,24)(H,22,25,26). The first-order valence-electron chi connectivity index (χ1n) is 8.52. The molecule has 0 saturated carbocycles. The van der Waals surface area contributed by atoms with Crippen molar-refractivity contribution in [2.75, 3.05) is 0 Å². The first-order chi connectivity index (χ1) is 13.0. The second-order valence-corrected chi connectivity index (χ2v) is 6.34. The fourth-order valence-corrected chi connectivity index (χ4v) is 3.12. The van der Waals surface area contributed by atoms with Crippen molar-refractivity contribution in [3.8, 4) is 0 Å². The predicted molar refractivity (Wildman–Crippen MR) is 102 cm³/mol. The van der Waals surface area contributed by atoms with Crippen molar-refractivity contribution in [2.24, 2.45) is 0 Å². The highest BCUT2D eigenvalue weighted by Crippen LogP contribution is 2.23. The summed E-state index contributed by atoms with van der Waals surface area (Å²) in [4.78, 5) is 38.8. The van der Waals surface area contributed by atoms with Crippen molar-refractivity contribution in [3.05, 3.63) is 81.2 Å². The Kier molecular flexibility index (Phi) is 4.12. The molecule has 0 bridgehead atoms. The highest BCUT2D eigenvalue weighted by molar-refractivity contribution is 5.82. The summed E-state index contributed by atoms with van der Waals surface area (Å²) in [6.07, 6.45) is 0. The maximum Gasteiger partial charge on any atom is 0.329 e. The first-order valence-corrected chi connectivity index (χ1v) is 8.52. The van der Waals surface area contributed by atoms with Gasteiger partial charge in [0.1, 0.15) is 17.9 Å². The van der Waals surface area contributed by atoms with Crippen LogP contribution in [0, 0.1) is 0 Å². The summed E-state index contributed by atoms with van der Waals surface area (Å²) in [5.74, 6) is 0.269. The van der Waals surface area contributed by atoms with Gasteiger partial charge in [0, 0.05) is 5.39 Å². The van der Waals surface area contributed by atoms with Crippen LogP contribution in [0.3, 0.4) is 0 Å². The summed E-state index contributed by atoms with van der Waals surface area (Å²) < 4.78 is 7.01. The molecule has 7 nitrogen and oxygen atoms in total. The molecule has 0 saturated heterocycles. The Hall–Kier alpha value is -3.61. The van der Waals surface area contributed by atoms with E-state index in [0.29, 0.717) is 16.7 Å². The molecule has 1 unspecified atom stereocenters. The van der Waals surface area contributed by atoms with Crippen LogP contribution in [-0.4, -0.2) is 15.5 Å². The molecule has 0 spiro atoms. The van der Waals surface area contributed by atoms with E-state index < -0.39 is 11.2 Å². The molecular weight excluding hydrogens is 346 g/mol. The van der Waals surface area contributed by atoms with E-state index in [9.17, 15) is 14.4 Å². The molecule has 4 aromatic rings. The average Bonchev–Trinajstić information content (AvgIpc) is 3.09. The number of aromatic nitrogens is 2. The van der Waals surface area contributed by atoms with E-state index in [1.807, 2.05) is 37.3 Å². The summed E-state index contributed by atoms with van der Waals surface area (Å²) in [7, 11) is 0. The summed E-state index contributed by atoms with van der Waals surface area (Å²) >= 11 is 0. The lowest BCUT2D eigenvalue weighted by molar-refractivity contribution is -0.122. The highest BCUT2D eigenvalue weighted by Gasteiger charge is 2.16. The summed E-state index contributed by atoms with van der Waals surface area (Å²) in [6.45, 7) is 1.60. The van der Waals surface area contributed by atoms with Crippen LogP contribution in [0.5, 0.6) is 0 Å². The topological polar surface area (TPSA) is 97.1 Å². The summed E-state index contributed by atoms with van der Waals surface area (Å²) in [5, 5.41) is 4.14. The number of para-hydroxylation sites is 2. The minimum absolute atomic E-state index is 0.208. The molecule has 136 valence electrons. The average molecular weight is 363 g/mol. The zero-order valence-corrected chi connectivity index (χ0v) is 14.6. The molecule has 27 heavy (non-hydrogen) atoms. The lowest BCUT2D eigenvalue weighted by atomic mass is 10.2. The number of amides is 1. The van der Waals surface area contributed by atoms with Gasteiger partial charge in [-0.1, -0.05) is 30.3 Å². The largest absolute Gasteiger partial charge is 0.459 e. The third kappa shape index (κ3) is 3.15. The van der Waals surface area contributed by atoms with Gasteiger partial charge in [-0.2, -0.15) is 0 Å². The number of nitrogens with zero attached hydrogens (tertiary/aromatic N) is 1. The van der Waals surface area contributed by atoms with Gasteiger partial charge in [0.15, 0.2) is 0 Å². The van der Waals surface area contributed by atoms with Crippen molar-refractivity contribution in [1.82, 2.24) is 14.9 Å². The van der Waals surface area contributed by atoms with Crippen molar-refractivity contribution in [2.45, 2.75) is 19.5 Å². The van der Waals surface area contributed by atoms with Gasteiger partial charge >= 0.3 is 5.69 Å². The minimum Gasteiger partial charge on any atom is -0.459 e. The molecule has 1 amide bonds. The quantitative estimate of drug-likeness (QED) is 0.581. The molecule has 0 aliphatic carbocycles. The van der Waals surface area contributed by atoms with E-state index in [1.54, 1.807) is 24.3 Å². The number of fused-ring (bicyclic) bond motifs is 2. The lowest BCUT2D eigenvalue weighted by Crippen LogP contribution is -2.37. The Morgan fingerprint density at radius 2 is 1.89 bits per heavy atom. The number of hydrogen-bond donors (Lipinski definition) is 2. The molecule has 0 aliphatic rings. The van der Waals surface area contributed by atoms with Gasteiger partial charge in [-0.3, -0.25) is 19.1 Å². The SMILES string of the molecule is CC(NC(=O)Cn1c(=O)[nH]c(=O)c2ccccc21)c1cc2ccccc2o1. The molecule has 4 rings (SSSR count). The number of nitrogens with one attached hydrogen (secondary N) is 2. The molecule has 0 radical (unpaired) electrons. The summed E-state index contributed by atoms with van der Waals surface area (Å²) in [6, 6.07) is 15.8. The molecule has 0 aliphatic heterocycles. The van der Waals surface area contributed by atoms with Crippen LogP contribution in [0.2, 0.25) is 0 Å². The fourth-order valence-electron chi connectivity index (χ4n) is 3.12. The smallest absolute Gasteiger partial charge is 0.329 e. The Labute approximate surface area is 153 Å². The zero-order valence-electron chi connectivity index (χ0n) is 14.6. The molecule has 2 N–H and O–H groups in total. The fraction of sp³-hybridized carbons (Fsp3) is 0.150. The lowest BCUT2D eigenvalue weighted by Gasteiger charge is -2.13. The second kappa shape index (κ2) is 6.60. The van der Waals surface area contributed by atoms with Gasteiger partial charge in [0.25, 0.3) is 5.56 Å². The number of carbonyl (C=O) groups is 1. The van der Waals surface area contributed by atoms with Gasteiger partial charge in [0.05, 0.1) is 16.9 Å². The van der Waals surface area contributed by atoms with Crippen LogP contribution in [0.1, 0.15) is 18.7 Å². The normalized spacial score (nSPS) is 12.3. The highest BCUT2D eigenvalue weighted by atomic mass is 16.3. The van der Waals surface area contributed by atoms with Gasteiger partial charge in [-0.15, -0.1) is 0 Å². The maximum absolute atomic E-state index is 12.5. The van der Waals surface area contributed by atoms with Crippen molar-refractivity contribution in [1.29, 1.82) is 0 Å². The monoisotopic (exact) mass is 363 g/mol. The van der Waals surface area contributed by atoms with E-state index in [4.69, 9.17) is 4.42 Å². The van der Waals surface area contributed by atoms with Crippen molar-refractivity contribution < 1.29 is 9.21 Å². The molecule has 2 heterocycles. The van der Waals surface area contributed by atoms with Crippen LogP contribution in [0.25, 0.3) is 21.9 Å². The van der Waals surface area contributed by atoms with Crippen LogP contribution >= 0.6 is 0 Å². The third-order valence-corrected chi connectivity index (χ3v) is 4.46. The van der Waals surface area contributed by atoms with Crippen LogP contribution in [0.4, 0.5) is 0 Å². The Morgan fingerprint density at radius 1 is 1.15 bits per heavy atom. The molecule has 0 fully saturated rings. The Bertz CT molecular complexity index is 1230. The van der Waals surface area contributed by atoms with Crippen molar-refractivity contribution >= 4 is 27.8 Å². The number of carbonyl (C=O) groups excluding carboxylic acids is 1. The molecule has 7 heteroatoms. The van der Waals surface area contributed by atoms with Gasteiger partial charge in [-0.25, -0.2) is 4.79 Å². The number of benzene rings is 2. The van der Waals surface area contributed by atoms with E-state index in [2.05, 4.69) is 10.3 Å². The molecule has 2 aromatic carbocycles. The summed E-state index contributed by atoms with van der Waals surface area (Å²) in [5.41, 5.74) is 0.0716. The zero-order chi connectivity index (χ0) is 19.0. The van der Waals surface area contributed by atoms with Crippen LogP contribution in [-0.2, 0) is 11.3 Å². The second-order valence-electron chi connectivity index (χ2n) is 6.34. The van der Waals surface area contributed by atoms with E-state index in [0.717, 1.165) is 11.0 Å². The molecular formula is C20H17N3O4. The number of H-pyrrole nitrogens is 1. The number of furan rings is 1. The van der Waals surface area contributed by atoms with Crippen LogP contribution < -0.4 is 16.6 Å². The van der Waals surface area contributed by atoms with E-state index in [1.165, 1.54) is 4.57 Å². The number of aromatic amines is 1. The van der Waals surface area contributed by atoms with Gasteiger partial charge < -0.3 is 9.73 Å².